The van der Waals surface area contributed by atoms with Crippen molar-refractivity contribution < 1.29 is 0 Å². The van der Waals surface area contributed by atoms with Crippen LogP contribution < -0.4 is 4.90 Å². The van der Waals surface area contributed by atoms with E-state index in [1.807, 2.05) is 24.3 Å². The average Bonchev–Trinajstić information content (AvgIpc) is 2.99. The van der Waals surface area contributed by atoms with E-state index in [0.717, 1.165) is 24.3 Å². The molecule has 0 aliphatic carbocycles. The zero-order valence-corrected chi connectivity index (χ0v) is 12.4. The van der Waals surface area contributed by atoms with Crippen LogP contribution in [-0.4, -0.2) is 45.9 Å². The van der Waals surface area contributed by atoms with Crippen molar-refractivity contribution in [2.24, 2.45) is 5.10 Å². The number of nitrogens with zero attached hydrogens (tertiary/aromatic N) is 5. The molecule has 0 saturated heterocycles. The fraction of sp³-hybridized carbons (Fsp3) is 0.308. The Balaban J connectivity index is 2.05. The zero-order valence-electron chi connectivity index (χ0n) is 10.9. The van der Waals surface area contributed by atoms with Crippen molar-refractivity contribution in [2.45, 2.75) is 0 Å². The summed E-state index contributed by atoms with van der Waals surface area (Å²) in [5.41, 5.74) is 2.10. The van der Waals surface area contributed by atoms with Gasteiger partial charge in [-0.3, -0.25) is 0 Å². The van der Waals surface area contributed by atoms with Crippen LogP contribution in [0, 0.1) is 0 Å². The van der Waals surface area contributed by atoms with Gasteiger partial charge in [0, 0.05) is 30.5 Å². The fourth-order valence-electron chi connectivity index (χ4n) is 1.73. The maximum Gasteiger partial charge on any atom is 0.141 e. The third-order valence-corrected chi connectivity index (χ3v) is 3.05. The summed E-state index contributed by atoms with van der Waals surface area (Å²) in [4.78, 5) is 2.15. The van der Waals surface area contributed by atoms with Crippen LogP contribution in [0.25, 0.3) is 0 Å². The summed E-state index contributed by atoms with van der Waals surface area (Å²) in [7, 11) is 0. The highest BCUT2D eigenvalue weighted by Gasteiger charge is 2.04. The highest BCUT2D eigenvalue weighted by atomic mass is 35.5. The predicted octanol–water partition coefficient (Wildman–Crippen LogP) is 2.44. The first-order chi connectivity index (χ1) is 9.83. The molecule has 0 unspecified atom stereocenters. The molecule has 0 aliphatic rings. The minimum absolute atomic E-state index is 0.577. The highest BCUT2D eigenvalue weighted by molar-refractivity contribution is 6.18. The lowest BCUT2D eigenvalue weighted by atomic mass is 10.2. The first-order valence-corrected chi connectivity index (χ1v) is 7.26. The van der Waals surface area contributed by atoms with E-state index in [1.165, 1.54) is 12.7 Å². The number of anilines is 1. The summed E-state index contributed by atoms with van der Waals surface area (Å²) >= 11 is 11.6. The number of alkyl halides is 2. The van der Waals surface area contributed by atoms with E-state index in [4.69, 9.17) is 23.2 Å². The average molecular weight is 312 g/mol. The van der Waals surface area contributed by atoms with Gasteiger partial charge in [-0.25, -0.2) is 4.68 Å². The van der Waals surface area contributed by atoms with Crippen molar-refractivity contribution in [3.05, 3.63) is 42.5 Å². The van der Waals surface area contributed by atoms with Crippen molar-refractivity contribution in [3.63, 3.8) is 0 Å². The van der Waals surface area contributed by atoms with Gasteiger partial charge in [-0.15, -0.1) is 33.4 Å². The Labute approximate surface area is 127 Å². The van der Waals surface area contributed by atoms with E-state index < -0.39 is 0 Å². The summed E-state index contributed by atoms with van der Waals surface area (Å²) < 4.78 is 1.54. The molecule has 2 aromatic rings. The van der Waals surface area contributed by atoms with E-state index >= 15 is 0 Å². The van der Waals surface area contributed by atoms with Crippen LogP contribution in [0.4, 0.5) is 5.69 Å². The van der Waals surface area contributed by atoms with Crippen LogP contribution in [0.2, 0.25) is 0 Å². The molecule has 106 valence electrons. The Morgan fingerprint density at radius 3 is 2.20 bits per heavy atom. The Kier molecular flexibility index (Phi) is 5.83. The largest absolute Gasteiger partial charge is 0.369 e. The van der Waals surface area contributed by atoms with Crippen molar-refractivity contribution >= 4 is 35.1 Å². The lowest BCUT2D eigenvalue weighted by Gasteiger charge is -2.22. The van der Waals surface area contributed by atoms with Crippen LogP contribution in [0.1, 0.15) is 5.56 Å². The number of hydrogen-bond donors (Lipinski definition) is 0. The van der Waals surface area contributed by atoms with Crippen LogP contribution >= 0.6 is 23.2 Å². The van der Waals surface area contributed by atoms with Crippen LogP contribution in [0.15, 0.2) is 42.0 Å². The number of hydrogen-bond acceptors (Lipinski definition) is 4. The molecule has 1 heterocycles. The number of halogens is 2. The maximum atomic E-state index is 5.80. The second-order valence-corrected chi connectivity index (χ2v) is 4.80. The zero-order chi connectivity index (χ0) is 14.2. The fourth-order valence-corrected chi connectivity index (χ4v) is 2.14. The molecule has 5 nitrogen and oxygen atoms in total. The summed E-state index contributed by atoms with van der Waals surface area (Å²) in [6, 6.07) is 8.07. The predicted molar refractivity (Wildman–Crippen MR) is 83.1 cm³/mol. The molecule has 0 amide bonds. The molecule has 0 aliphatic heterocycles. The molecule has 0 bridgehead atoms. The number of aromatic nitrogens is 3. The normalized spacial score (nSPS) is 11.1. The molecule has 2 rings (SSSR count). The topological polar surface area (TPSA) is 46.3 Å². The maximum absolute atomic E-state index is 5.80. The van der Waals surface area contributed by atoms with Crippen LogP contribution in [0.5, 0.6) is 0 Å². The third-order valence-electron chi connectivity index (χ3n) is 2.71. The minimum atomic E-state index is 0.577. The summed E-state index contributed by atoms with van der Waals surface area (Å²) in [6.45, 7) is 1.56. The smallest absolute Gasteiger partial charge is 0.141 e. The molecule has 1 aromatic heterocycles. The molecule has 0 saturated carbocycles. The molecule has 0 fully saturated rings. The van der Waals surface area contributed by atoms with Gasteiger partial charge < -0.3 is 4.90 Å². The van der Waals surface area contributed by atoms with Gasteiger partial charge in [0.05, 0.1) is 6.21 Å². The lowest BCUT2D eigenvalue weighted by Crippen LogP contribution is -2.27. The van der Waals surface area contributed by atoms with Gasteiger partial charge in [-0.1, -0.05) is 12.1 Å². The molecular formula is C13H15Cl2N5. The molecule has 20 heavy (non-hydrogen) atoms. The quantitative estimate of drug-likeness (QED) is 0.583. The van der Waals surface area contributed by atoms with E-state index in [0.29, 0.717) is 11.8 Å². The van der Waals surface area contributed by atoms with Crippen LogP contribution in [-0.2, 0) is 0 Å². The molecule has 0 atom stereocenters. The van der Waals surface area contributed by atoms with Gasteiger partial charge >= 0.3 is 0 Å². The Bertz CT molecular complexity index is 518. The first-order valence-electron chi connectivity index (χ1n) is 6.19. The number of benzene rings is 1. The van der Waals surface area contributed by atoms with Crippen molar-refractivity contribution in [2.75, 3.05) is 29.7 Å². The summed E-state index contributed by atoms with van der Waals surface area (Å²) in [5.74, 6) is 1.15. The Morgan fingerprint density at radius 1 is 1.05 bits per heavy atom. The van der Waals surface area contributed by atoms with E-state index in [9.17, 15) is 0 Å². The van der Waals surface area contributed by atoms with E-state index in [2.05, 4.69) is 20.2 Å². The second-order valence-electron chi connectivity index (χ2n) is 4.04. The summed E-state index contributed by atoms with van der Waals surface area (Å²) in [6.07, 6.45) is 4.82. The van der Waals surface area contributed by atoms with Gasteiger partial charge in [-0.05, 0) is 17.7 Å². The van der Waals surface area contributed by atoms with Crippen molar-refractivity contribution in [1.82, 2.24) is 14.9 Å². The summed E-state index contributed by atoms with van der Waals surface area (Å²) in [5, 5.41) is 11.6. The lowest BCUT2D eigenvalue weighted by molar-refractivity contribution is 0.873. The van der Waals surface area contributed by atoms with Gasteiger partial charge in [0.25, 0.3) is 0 Å². The van der Waals surface area contributed by atoms with E-state index in [1.54, 1.807) is 10.9 Å². The van der Waals surface area contributed by atoms with Crippen LogP contribution in [0.3, 0.4) is 0 Å². The molecule has 0 spiro atoms. The van der Waals surface area contributed by atoms with Crippen molar-refractivity contribution in [3.8, 4) is 0 Å². The molecular weight excluding hydrogens is 297 g/mol. The molecule has 7 heteroatoms. The number of rotatable bonds is 7. The van der Waals surface area contributed by atoms with Gasteiger partial charge in [-0.2, -0.15) is 5.10 Å². The SMILES string of the molecule is ClCCN(CCCl)c1ccc(/C=N\n2cnnc2)cc1. The molecule has 1 aromatic carbocycles. The molecule has 0 radical (unpaired) electrons. The van der Waals surface area contributed by atoms with Gasteiger partial charge in [0.2, 0.25) is 0 Å². The first kappa shape index (κ1) is 14.8. The van der Waals surface area contributed by atoms with Crippen molar-refractivity contribution in [1.29, 1.82) is 0 Å². The van der Waals surface area contributed by atoms with Gasteiger partial charge in [0.1, 0.15) is 12.7 Å². The van der Waals surface area contributed by atoms with Gasteiger partial charge in [0.15, 0.2) is 0 Å². The Hall–Kier alpha value is -1.59. The van der Waals surface area contributed by atoms with E-state index in [-0.39, 0.29) is 0 Å². The molecule has 0 N–H and O–H groups in total. The third kappa shape index (κ3) is 4.21. The second kappa shape index (κ2) is 7.87. The highest BCUT2D eigenvalue weighted by Crippen LogP contribution is 2.15. The Morgan fingerprint density at radius 2 is 1.65 bits per heavy atom. The monoisotopic (exact) mass is 311 g/mol. The minimum Gasteiger partial charge on any atom is -0.369 e. The standard InChI is InChI=1S/C13H15Cl2N5/c14-5-7-19(8-6-15)13-3-1-12(2-4-13)9-18-20-10-16-17-11-20/h1-4,9-11H,5-8H2/b18-9-.